The number of hydrogen-bond acceptors (Lipinski definition) is 8. The molecule has 10 aromatic carbocycles. The van der Waals surface area contributed by atoms with Gasteiger partial charge >= 0.3 is 0 Å². The summed E-state index contributed by atoms with van der Waals surface area (Å²) < 4.78 is 4.44. The minimum absolute atomic E-state index is 0.399. The highest BCUT2D eigenvalue weighted by molar-refractivity contribution is 6.13. The molecule has 0 saturated carbocycles. The molecular formula is C68H36N10. The molecule has 10 heteroatoms. The second kappa shape index (κ2) is 18.9. The van der Waals surface area contributed by atoms with E-state index in [4.69, 9.17) is 15.0 Å². The molecular weight excluding hydrogens is 957 g/mol. The fourth-order valence-electron chi connectivity index (χ4n) is 10.8. The van der Waals surface area contributed by atoms with E-state index in [0.717, 1.165) is 93.9 Å². The van der Waals surface area contributed by atoms with Gasteiger partial charge in [0.25, 0.3) is 0 Å². The second-order valence-electron chi connectivity index (χ2n) is 18.8. The number of nitriles is 5. The molecule has 0 N–H and O–H groups in total. The fourth-order valence-corrected chi connectivity index (χ4v) is 10.8. The SMILES string of the molecule is N#Cc1cc(C#N)cc(-c2ccc3c(c2)c2ccccc2n3-c2ccc(-c3nc(-c4ccccc4)nc(-c4ccccc4)n3)cc2-c2c(C#N)cccc2-n2c3ccccc3c3cc(-c4cc(C#N)cc(C#N)c4)ccc32)c1. The van der Waals surface area contributed by atoms with Crippen LogP contribution in [-0.4, -0.2) is 24.1 Å². The van der Waals surface area contributed by atoms with Crippen LogP contribution in [-0.2, 0) is 0 Å². The van der Waals surface area contributed by atoms with Crippen LogP contribution >= 0.6 is 0 Å². The van der Waals surface area contributed by atoms with Gasteiger partial charge < -0.3 is 9.13 Å². The highest BCUT2D eigenvalue weighted by Crippen LogP contribution is 2.45. The quantitative estimate of drug-likeness (QED) is 0.145. The average molecular weight is 993 g/mol. The Morgan fingerprint density at radius 2 is 0.705 bits per heavy atom. The summed E-state index contributed by atoms with van der Waals surface area (Å²) in [6.07, 6.45) is 0. The van der Waals surface area contributed by atoms with Crippen LogP contribution in [0, 0.1) is 56.7 Å². The van der Waals surface area contributed by atoms with Gasteiger partial charge in [0.05, 0.1) is 91.6 Å². The van der Waals surface area contributed by atoms with Gasteiger partial charge in [-0.1, -0.05) is 115 Å². The lowest BCUT2D eigenvalue weighted by molar-refractivity contribution is 1.07. The number of fused-ring (bicyclic) bond motifs is 6. The second-order valence-corrected chi connectivity index (χ2v) is 18.8. The topological polar surface area (TPSA) is 167 Å². The molecule has 0 spiro atoms. The van der Waals surface area contributed by atoms with E-state index in [1.54, 1.807) is 36.4 Å². The molecule has 0 aliphatic rings. The summed E-state index contributed by atoms with van der Waals surface area (Å²) in [5.41, 5.74) is 14.1. The molecule has 10 nitrogen and oxygen atoms in total. The van der Waals surface area contributed by atoms with Crippen LogP contribution in [0.15, 0.2) is 218 Å². The first-order chi connectivity index (χ1) is 38.4. The Hall–Kier alpha value is -11.7. The van der Waals surface area contributed by atoms with Crippen LogP contribution in [0.5, 0.6) is 0 Å². The van der Waals surface area contributed by atoms with Crippen molar-refractivity contribution in [2.24, 2.45) is 0 Å². The van der Waals surface area contributed by atoms with E-state index in [1.807, 2.05) is 115 Å². The summed E-state index contributed by atoms with van der Waals surface area (Å²) in [6.45, 7) is 0. The molecule has 0 radical (unpaired) electrons. The molecule has 0 fully saturated rings. The lowest BCUT2D eigenvalue weighted by atomic mass is 9.94. The monoisotopic (exact) mass is 992 g/mol. The van der Waals surface area contributed by atoms with Gasteiger partial charge in [-0.3, -0.25) is 0 Å². The van der Waals surface area contributed by atoms with E-state index >= 15 is 0 Å². The van der Waals surface area contributed by atoms with Crippen LogP contribution in [0.4, 0.5) is 0 Å². The number of nitrogens with zero attached hydrogens (tertiary/aromatic N) is 10. The molecule has 3 aromatic heterocycles. The Morgan fingerprint density at radius 1 is 0.282 bits per heavy atom. The molecule has 0 aliphatic carbocycles. The summed E-state index contributed by atoms with van der Waals surface area (Å²) in [5.74, 6) is 1.46. The van der Waals surface area contributed by atoms with Crippen LogP contribution < -0.4 is 0 Å². The summed E-state index contributed by atoms with van der Waals surface area (Å²) in [6, 6.07) is 82.3. The van der Waals surface area contributed by atoms with Gasteiger partial charge in [0.15, 0.2) is 17.5 Å². The van der Waals surface area contributed by atoms with E-state index < -0.39 is 0 Å². The minimum Gasteiger partial charge on any atom is -0.309 e. The summed E-state index contributed by atoms with van der Waals surface area (Å²) >= 11 is 0. The number of hydrogen-bond donors (Lipinski definition) is 0. The van der Waals surface area contributed by atoms with Gasteiger partial charge in [0.1, 0.15) is 0 Å². The van der Waals surface area contributed by atoms with Crippen LogP contribution in [0.3, 0.4) is 0 Å². The zero-order valence-electron chi connectivity index (χ0n) is 41.3. The first-order valence-electron chi connectivity index (χ1n) is 24.9. The molecule has 0 atom stereocenters. The van der Waals surface area contributed by atoms with E-state index in [2.05, 4.69) is 106 Å². The van der Waals surface area contributed by atoms with Crippen molar-refractivity contribution in [3.63, 3.8) is 0 Å². The smallest absolute Gasteiger partial charge is 0.164 e. The summed E-state index contributed by atoms with van der Waals surface area (Å²) in [5, 5.41) is 54.8. The van der Waals surface area contributed by atoms with Crippen molar-refractivity contribution in [3.05, 3.63) is 246 Å². The maximum atomic E-state index is 11.4. The van der Waals surface area contributed by atoms with E-state index in [0.29, 0.717) is 56.4 Å². The summed E-state index contributed by atoms with van der Waals surface area (Å²) in [7, 11) is 0. The number of rotatable bonds is 8. The van der Waals surface area contributed by atoms with Crippen molar-refractivity contribution < 1.29 is 0 Å². The predicted molar refractivity (Wildman–Crippen MR) is 305 cm³/mol. The van der Waals surface area contributed by atoms with Gasteiger partial charge in [-0.05, 0) is 125 Å². The van der Waals surface area contributed by atoms with E-state index in [1.165, 1.54) is 0 Å². The average Bonchev–Trinajstić information content (AvgIpc) is 4.20. The zero-order valence-corrected chi connectivity index (χ0v) is 41.3. The van der Waals surface area contributed by atoms with Crippen LogP contribution in [0.1, 0.15) is 27.8 Å². The van der Waals surface area contributed by atoms with Crippen molar-refractivity contribution in [2.45, 2.75) is 0 Å². The molecule has 0 bridgehead atoms. The standard InChI is InChI=1S/C68H36N10/c69-37-42-28-43(38-70)31-52(30-42)48-22-25-61-56(34-48)54-17-7-9-19-59(54)77(61)63-27-24-50(68-75-66(46-12-3-1-4-13-46)74-67(76-68)47-14-5-2-6-15-47)36-58(63)65-51(41-73)16-11-21-64(65)78-60-20-10-8-18-55(60)57-35-49(23-26-62(57)78)53-32-44(39-71)29-45(33-53)40-72/h1-36H. The Bertz CT molecular complexity index is 4740. The van der Waals surface area contributed by atoms with Gasteiger partial charge in [-0.25, -0.2) is 15.0 Å². The molecule has 358 valence electrons. The molecule has 0 saturated heterocycles. The maximum absolute atomic E-state index is 11.4. The first-order valence-corrected chi connectivity index (χ1v) is 24.9. The third-order valence-electron chi connectivity index (χ3n) is 14.3. The third-order valence-corrected chi connectivity index (χ3v) is 14.3. The maximum Gasteiger partial charge on any atom is 0.164 e. The Morgan fingerprint density at radius 3 is 1.18 bits per heavy atom. The molecule has 78 heavy (non-hydrogen) atoms. The van der Waals surface area contributed by atoms with Gasteiger partial charge in [-0.15, -0.1) is 0 Å². The van der Waals surface area contributed by atoms with E-state index in [-0.39, 0.29) is 0 Å². The molecule has 0 unspecified atom stereocenters. The summed E-state index contributed by atoms with van der Waals surface area (Å²) in [4.78, 5) is 15.3. The molecule has 0 amide bonds. The van der Waals surface area contributed by atoms with Gasteiger partial charge in [0, 0.05) is 49.4 Å². The third kappa shape index (κ3) is 7.83. The van der Waals surface area contributed by atoms with Gasteiger partial charge in [0.2, 0.25) is 0 Å². The predicted octanol–water partition coefficient (Wildman–Crippen LogP) is 15.4. The van der Waals surface area contributed by atoms with Gasteiger partial charge in [-0.2, -0.15) is 26.3 Å². The van der Waals surface area contributed by atoms with Crippen LogP contribution in [0.2, 0.25) is 0 Å². The van der Waals surface area contributed by atoms with Crippen molar-refractivity contribution in [1.82, 2.24) is 24.1 Å². The minimum atomic E-state index is 0.399. The fraction of sp³-hybridized carbons (Fsp3) is 0. The number of para-hydroxylation sites is 2. The van der Waals surface area contributed by atoms with Crippen molar-refractivity contribution in [2.75, 3.05) is 0 Å². The normalized spacial score (nSPS) is 11.0. The number of aromatic nitrogens is 5. The van der Waals surface area contributed by atoms with Crippen molar-refractivity contribution in [3.8, 4) is 109 Å². The van der Waals surface area contributed by atoms with Crippen molar-refractivity contribution >= 4 is 43.6 Å². The van der Waals surface area contributed by atoms with Crippen LogP contribution in [0.25, 0.3) is 123 Å². The Kier molecular flexibility index (Phi) is 11.2. The van der Waals surface area contributed by atoms with Crippen molar-refractivity contribution in [1.29, 1.82) is 26.3 Å². The molecule has 3 heterocycles. The largest absolute Gasteiger partial charge is 0.309 e. The van der Waals surface area contributed by atoms with E-state index in [9.17, 15) is 26.3 Å². The lowest BCUT2D eigenvalue weighted by Crippen LogP contribution is -2.05. The molecule has 13 aromatic rings. The zero-order chi connectivity index (χ0) is 52.9. The number of benzene rings is 10. The Balaban J connectivity index is 1.10. The Labute approximate surface area is 447 Å². The lowest BCUT2D eigenvalue weighted by Gasteiger charge is -2.20. The molecule has 13 rings (SSSR count). The first kappa shape index (κ1) is 46.1. The highest BCUT2D eigenvalue weighted by atomic mass is 15.0. The highest BCUT2D eigenvalue weighted by Gasteiger charge is 2.25. The molecule has 0 aliphatic heterocycles.